The summed E-state index contributed by atoms with van der Waals surface area (Å²) in [6.45, 7) is 0. The summed E-state index contributed by atoms with van der Waals surface area (Å²) in [5.74, 6) is -0.965. The molecule has 0 fully saturated rings. The minimum absolute atomic E-state index is 0. The molecule has 0 heterocycles. The van der Waals surface area contributed by atoms with Crippen LogP contribution in [0.1, 0.15) is 0 Å². The molecule has 0 amide bonds. The third-order valence-electron chi connectivity index (χ3n) is 0.135. The van der Waals surface area contributed by atoms with Gasteiger partial charge in [0, 0.05) is 0 Å². The molecule has 0 aliphatic carbocycles. The molecule has 0 atom stereocenters. The molecule has 0 aromatic rings. The van der Waals surface area contributed by atoms with Gasteiger partial charge in [0.05, 0.1) is 5.75 Å². The molecule has 0 aromatic heterocycles. The van der Waals surface area contributed by atoms with E-state index in [1.165, 1.54) is 0 Å². The van der Waals surface area contributed by atoms with E-state index in [4.69, 9.17) is 5.11 Å². The van der Waals surface area contributed by atoms with Crippen molar-refractivity contribution < 1.29 is 9.90 Å². The molecule has 6 heavy (non-hydrogen) atoms. The molecule has 34 valence electrons. The second-order valence-electron chi connectivity index (χ2n) is 0.552. The minimum atomic E-state index is -0.881. The number of hydrogen-bond acceptors (Lipinski definition) is 2. The molecular formula is C2H6O2SSr. The first kappa shape index (κ1) is 10.3. The molecule has 1 N–H and O–H groups in total. The van der Waals surface area contributed by atoms with Gasteiger partial charge in [-0.3, -0.25) is 4.79 Å². The van der Waals surface area contributed by atoms with Crippen molar-refractivity contribution in [1.82, 2.24) is 0 Å². The normalized spacial score (nSPS) is 6.17. The quantitative estimate of drug-likeness (QED) is 0.406. The van der Waals surface area contributed by atoms with Crippen LogP contribution in [0.4, 0.5) is 0 Å². The van der Waals surface area contributed by atoms with Gasteiger partial charge in [-0.15, -0.1) is 0 Å². The molecule has 0 aromatic carbocycles. The van der Waals surface area contributed by atoms with Crippen molar-refractivity contribution in [1.29, 1.82) is 0 Å². The maximum absolute atomic E-state index is 9.29. The van der Waals surface area contributed by atoms with Gasteiger partial charge in [-0.2, -0.15) is 12.6 Å². The van der Waals surface area contributed by atoms with Crippen LogP contribution in [0, 0.1) is 0 Å². The number of carboxylic acids is 1. The molecule has 0 spiro atoms. The number of carbonyl (C=O) groups is 1. The summed E-state index contributed by atoms with van der Waals surface area (Å²) in [6, 6.07) is 0. The Balaban J connectivity index is 0. The number of hydrogen-bond donors (Lipinski definition) is 2. The van der Waals surface area contributed by atoms with E-state index in [1.807, 2.05) is 0 Å². The van der Waals surface area contributed by atoms with Crippen molar-refractivity contribution in [3.05, 3.63) is 0 Å². The van der Waals surface area contributed by atoms with Crippen LogP contribution in [0.25, 0.3) is 0 Å². The summed E-state index contributed by atoms with van der Waals surface area (Å²) in [5, 5.41) is 7.65. The van der Waals surface area contributed by atoms with Crippen LogP contribution in [-0.4, -0.2) is 62.3 Å². The number of aliphatic carboxylic acids is 1. The fourth-order valence-electron chi connectivity index (χ4n) is 0. The van der Waals surface area contributed by atoms with Crippen LogP contribution >= 0.6 is 12.6 Å². The molecule has 4 heteroatoms. The zero-order chi connectivity index (χ0) is 4.28. The Labute approximate surface area is 78.6 Å². The summed E-state index contributed by atoms with van der Waals surface area (Å²) < 4.78 is 0. The molecule has 0 bridgehead atoms. The van der Waals surface area contributed by atoms with E-state index < -0.39 is 5.97 Å². The van der Waals surface area contributed by atoms with Crippen LogP contribution in [0.2, 0.25) is 0 Å². The molecule has 2 nitrogen and oxygen atoms in total. The summed E-state index contributed by atoms with van der Waals surface area (Å²) in [7, 11) is 0. The second kappa shape index (κ2) is 6.30. The number of thiol groups is 1. The molecule has 0 unspecified atom stereocenters. The van der Waals surface area contributed by atoms with Gasteiger partial charge in [0.2, 0.25) is 0 Å². The summed E-state index contributed by atoms with van der Waals surface area (Å²) in [4.78, 5) is 9.29. The van der Waals surface area contributed by atoms with E-state index in [2.05, 4.69) is 12.6 Å². The maximum atomic E-state index is 9.29. The van der Waals surface area contributed by atoms with Gasteiger partial charge < -0.3 is 5.11 Å². The fourth-order valence-corrected chi connectivity index (χ4v) is 0. The first-order chi connectivity index (χ1) is 2.27. The summed E-state index contributed by atoms with van der Waals surface area (Å²) in [5.41, 5.74) is 0. The molecule has 0 aliphatic rings. The zero-order valence-corrected chi connectivity index (χ0v) is 3.40. The van der Waals surface area contributed by atoms with Gasteiger partial charge >= 0.3 is 51.5 Å². The van der Waals surface area contributed by atoms with Crippen molar-refractivity contribution >= 4 is 64.1 Å². The van der Waals surface area contributed by atoms with Crippen molar-refractivity contribution in [3.8, 4) is 0 Å². The summed E-state index contributed by atoms with van der Waals surface area (Å²) >= 11 is 3.42. The van der Waals surface area contributed by atoms with Gasteiger partial charge in [0.15, 0.2) is 0 Å². The predicted molar refractivity (Wildman–Crippen MR) is 30.0 cm³/mol. The topological polar surface area (TPSA) is 37.3 Å². The van der Waals surface area contributed by atoms with E-state index in [1.54, 1.807) is 0 Å². The van der Waals surface area contributed by atoms with Gasteiger partial charge in [-0.25, -0.2) is 0 Å². The standard InChI is InChI=1S/C2H4O2S.Sr.2H/c3-2(4)1-5;;;/h5H,1H2,(H,3,4);;;. The Kier molecular flexibility index (Phi) is 10.8. The fraction of sp³-hybridized carbons (Fsp3) is 0.500. The molecule has 0 rings (SSSR count). The SMILES string of the molecule is O=C(O)CS.[SrH2]. The predicted octanol–water partition coefficient (Wildman–Crippen LogP) is -0.915. The van der Waals surface area contributed by atoms with Crippen LogP contribution in [-0.2, 0) is 4.79 Å². The van der Waals surface area contributed by atoms with Crippen LogP contribution in [0.3, 0.4) is 0 Å². The van der Waals surface area contributed by atoms with E-state index in [0.717, 1.165) is 0 Å². The third kappa shape index (κ3) is 9.00. The van der Waals surface area contributed by atoms with Gasteiger partial charge in [-0.05, 0) is 0 Å². The Morgan fingerprint density at radius 2 is 2.00 bits per heavy atom. The van der Waals surface area contributed by atoms with E-state index in [0.29, 0.717) is 0 Å². The third-order valence-corrected chi connectivity index (χ3v) is 0.406. The average Bonchev–Trinajstić information content (AvgIpc) is 1.38. The molecule has 0 saturated carbocycles. The molecular weight excluding hydrogens is 176 g/mol. The average molecular weight is 182 g/mol. The molecule has 0 aliphatic heterocycles. The Morgan fingerprint density at radius 1 is 1.83 bits per heavy atom. The van der Waals surface area contributed by atoms with Crippen LogP contribution < -0.4 is 0 Å². The van der Waals surface area contributed by atoms with Crippen molar-refractivity contribution in [3.63, 3.8) is 0 Å². The Hall–Kier alpha value is 1.30. The number of carboxylic acid groups (broad SMARTS) is 1. The van der Waals surface area contributed by atoms with Crippen molar-refractivity contribution in [2.45, 2.75) is 0 Å². The van der Waals surface area contributed by atoms with E-state index >= 15 is 0 Å². The van der Waals surface area contributed by atoms with Crippen LogP contribution in [0.5, 0.6) is 0 Å². The van der Waals surface area contributed by atoms with Crippen molar-refractivity contribution in [2.75, 3.05) is 5.75 Å². The van der Waals surface area contributed by atoms with Crippen molar-refractivity contribution in [2.24, 2.45) is 0 Å². The first-order valence-corrected chi connectivity index (χ1v) is 1.73. The van der Waals surface area contributed by atoms with E-state index in [-0.39, 0.29) is 51.2 Å². The molecule has 0 radical (unpaired) electrons. The number of rotatable bonds is 1. The van der Waals surface area contributed by atoms with Gasteiger partial charge in [-0.1, -0.05) is 0 Å². The van der Waals surface area contributed by atoms with Gasteiger partial charge in [0.25, 0.3) is 0 Å². The first-order valence-electron chi connectivity index (χ1n) is 1.10. The summed E-state index contributed by atoms with van der Waals surface area (Å²) in [6.07, 6.45) is 0. The van der Waals surface area contributed by atoms with Gasteiger partial charge in [0.1, 0.15) is 0 Å². The Bertz CT molecular complexity index is 46.8. The van der Waals surface area contributed by atoms with E-state index in [9.17, 15) is 4.79 Å². The second-order valence-corrected chi connectivity index (χ2v) is 0.868. The van der Waals surface area contributed by atoms with Crippen LogP contribution in [0.15, 0.2) is 0 Å². The monoisotopic (exact) mass is 182 g/mol. The zero-order valence-electron chi connectivity index (χ0n) is 2.51. The Morgan fingerprint density at radius 3 is 2.00 bits per heavy atom. The molecule has 0 saturated heterocycles.